The average Bonchev–Trinajstić information content (AvgIpc) is 2.03. The van der Waals surface area contributed by atoms with Crippen LogP contribution in [0.15, 0.2) is 12.2 Å². The highest BCUT2D eigenvalue weighted by Gasteiger charge is 2.21. The second kappa shape index (κ2) is 3.56. The molecule has 1 aliphatic carbocycles. The van der Waals surface area contributed by atoms with Crippen molar-refractivity contribution < 1.29 is 4.79 Å². The number of hydrogen-bond acceptors (Lipinski definition) is 1. The van der Waals surface area contributed by atoms with E-state index in [1.807, 2.05) is 0 Å². The van der Waals surface area contributed by atoms with E-state index in [1.54, 1.807) is 7.05 Å². The number of rotatable bonds is 1. The zero-order chi connectivity index (χ0) is 8.27. The maximum absolute atomic E-state index is 11.2. The van der Waals surface area contributed by atoms with Gasteiger partial charge in [0, 0.05) is 13.0 Å². The smallest absolute Gasteiger partial charge is 0.223 e. The second-order valence-electron chi connectivity index (χ2n) is 3.16. The van der Waals surface area contributed by atoms with Gasteiger partial charge < -0.3 is 5.32 Å². The molecule has 0 spiro atoms. The van der Waals surface area contributed by atoms with Crippen molar-refractivity contribution in [2.24, 2.45) is 5.92 Å². The molecule has 0 heterocycles. The average molecular weight is 153 g/mol. The number of carbonyl (C=O) groups excluding carboxylic acids is 1. The lowest BCUT2D eigenvalue weighted by Crippen LogP contribution is -2.29. The van der Waals surface area contributed by atoms with Gasteiger partial charge in [-0.3, -0.25) is 4.79 Å². The van der Waals surface area contributed by atoms with Crippen LogP contribution in [-0.4, -0.2) is 13.0 Å². The molecule has 1 rings (SSSR count). The Bertz CT molecular complexity index is 174. The third-order valence-corrected chi connectivity index (χ3v) is 2.24. The van der Waals surface area contributed by atoms with E-state index in [2.05, 4.69) is 11.9 Å². The van der Waals surface area contributed by atoms with Gasteiger partial charge >= 0.3 is 0 Å². The van der Waals surface area contributed by atoms with Crippen LogP contribution in [0, 0.1) is 5.92 Å². The molecule has 1 unspecified atom stereocenters. The number of amides is 1. The molecule has 0 aromatic heterocycles. The Balaban J connectivity index is 2.45. The lowest BCUT2D eigenvalue weighted by atomic mass is 9.86. The number of carbonyl (C=O) groups is 1. The summed E-state index contributed by atoms with van der Waals surface area (Å²) in [6, 6.07) is 0. The fraction of sp³-hybridized carbons (Fsp3) is 0.667. The Hall–Kier alpha value is -0.790. The van der Waals surface area contributed by atoms with E-state index in [9.17, 15) is 4.79 Å². The van der Waals surface area contributed by atoms with Crippen LogP contribution in [0.2, 0.25) is 0 Å². The highest BCUT2D eigenvalue weighted by Crippen LogP contribution is 2.26. The van der Waals surface area contributed by atoms with Crippen LogP contribution in [0.3, 0.4) is 0 Å². The molecule has 0 saturated heterocycles. The highest BCUT2D eigenvalue weighted by molar-refractivity contribution is 5.78. The molecule has 1 amide bonds. The molecular weight excluding hydrogens is 138 g/mol. The summed E-state index contributed by atoms with van der Waals surface area (Å²) in [4.78, 5) is 11.2. The first kappa shape index (κ1) is 8.31. The van der Waals surface area contributed by atoms with Crippen LogP contribution in [0.4, 0.5) is 0 Å². The SMILES string of the molecule is C=C1CCCC(C(=O)NC)C1. The molecule has 1 fully saturated rings. The maximum Gasteiger partial charge on any atom is 0.223 e. The lowest BCUT2D eigenvalue weighted by Gasteiger charge is -2.21. The molecular formula is C9H15NO. The number of allylic oxidation sites excluding steroid dienone is 1. The van der Waals surface area contributed by atoms with Crippen LogP contribution in [0.5, 0.6) is 0 Å². The van der Waals surface area contributed by atoms with Crippen LogP contribution in [0.25, 0.3) is 0 Å². The summed E-state index contributed by atoms with van der Waals surface area (Å²) in [5.74, 6) is 0.368. The van der Waals surface area contributed by atoms with Gasteiger partial charge in [0.05, 0.1) is 0 Å². The molecule has 0 aromatic rings. The predicted octanol–water partition coefficient (Wildman–Crippen LogP) is 1.48. The topological polar surface area (TPSA) is 29.1 Å². The van der Waals surface area contributed by atoms with Gasteiger partial charge in [-0.25, -0.2) is 0 Å². The van der Waals surface area contributed by atoms with E-state index >= 15 is 0 Å². The van der Waals surface area contributed by atoms with Crippen molar-refractivity contribution >= 4 is 5.91 Å². The number of hydrogen-bond donors (Lipinski definition) is 1. The zero-order valence-electron chi connectivity index (χ0n) is 7.02. The molecule has 0 radical (unpaired) electrons. The highest BCUT2D eigenvalue weighted by atomic mass is 16.1. The molecule has 1 N–H and O–H groups in total. The van der Waals surface area contributed by atoms with E-state index in [4.69, 9.17) is 0 Å². The van der Waals surface area contributed by atoms with E-state index in [1.165, 1.54) is 5.57 Å². The summed E-state index contributed by atoms with van der Waals surface area (Å²) in [6.07, 6.45) is 4.14. The molecule has 11 heavy (non-hydrogen) atoms. The molecule has 1 aliphatic rings. The van der Waals surface area contributed by atoms with Gasteiger partial charge in [0.1, 0.15) is 0 Å². The molecule has 0 aromatic carbocycles. The molecule has 62 valence electrons. The van der Waals surface area contributed by atoms with Crippen molar-refractivity contribution in [3.8, 4) is 0 Å². The molecule has 1 saturated carbocycles. The zero-order valence-corrected chi connectivity index (χ0v) is 7.02. The van der Waals surface area contributed by atoms with Crippen molar-refractivity contribution in [1.29, 1.82) is 0 Å². The fourth-order valence-corrected chi connectivity index (χ4v) is 1.58. The largest absolute Gasteiger partial charge is 0.359 e. The number of nitrogens with one attached hydrogen (secondary N) is 1. The van der Waals surface area contributed by atoms with E-state index in [-0.39, 0.29) is 11.8 Å². The van der Waals surface area contributed by atoms with Crippen LogP contribution in [0.1, 0.15) is 25.7 Å². The van der Waals surface area contributed by atoms with Gasteiger partial charge in [-0.2, -0.15) is 0 Å². The summed E-state index contributed by atoms with van der Waals surface area (Å²) < 4.78 is 0. The molecule has 2 nitrogen and oxygen atoms in total. The van der Waals surface area contributed by atoms with Gasteiger partial charge in [0.2, 0.25) is 5.91 Å². The quantitative estimate of drug-likeness (QED) is 0.568. The van der Waals surface area contributed by atoms with Crippen LogP contribution >= 0.6 is 0 Å². The van der Waals surface area contributed by atoms with Crippen molar-refractivity contribution in [3.05, 3.63) is 12.2 Å². The lowest BCUT2D eigenvalue weighted by molar-refractivity contribution is -0.124. The fourth-order valence-electron chi connectivity index (χ4n) is 1.58. The Morgan fingerprint density at radius 1 is 1.73 bits per heavy atom. The standard InChI is InChI=1S/C9H15NO/c1-7-4-3-5-8(6-7)9(11)10-2/h8H,1,3-6H2,2H3,(H,10,11). The molecule has 2 heteroatoms. The first-order chi connectivity index (χ1) is 5.24. The Morgan fingerprint density at radius 3 is 3.00 bits per heavy atom. The third kappa shape index (κ3) is 2.07. The minimum atomic E-state index is 0.172. The van der Waals surface area contributed by atoms with Crippen molar-refractivity contribution in [2.75, 3.05) is 7.05 Å². The van der Waals surface area contributed by atoms with Crippen molar-refractivity contribution in [1.82, 2.24) is 5.32 Å². The Morgan fingerprint density at radius 2 is 2.45 bits per heavy atom. The van der Waals surface area contributed by atoms with Crippen molar-refractivity contribution in [2.45, 2.75) is 25.7 Å². The minimum Gasteiger partial charge on any atom is -0.359 e. The summed E-state index contributed by atoms with van der Waals surface area (Å²) in [7, 11) is 1.69. The van der Waals surface area contributed by atoms with Gasteiger partial charge in [0.25, 0.3) is 0 Å². The molecule has 0 bridgehead atoms. The van der Waals surface area contributed by atoms with E-state index in [0.29, 0.717) is 0 Å². The summed E-state index contributed by atoms with van der Waals surface area (Å²) in [5, 5.41) is 2.68. The third-order valence-electron chi connectivity index (χ3n) is 2.24. The predicted molar refractivity (Wildman–Crippen MR) is 45.2 cm³/mol. The van der Waals surface area contributed by atoms with Gasteiger partial charge in [-0.05, 0) is 25.7 Å². The first-order valence-electron chi connectivity index (χ1n) is 4.12. The van der Waals surface area contributed by atoms with Crippen molar-refractivity contribution in [3.63, 3.8) is 0 Å². The Kier molecular flexibility index (Phi) is 2.69. The Labute approximate surface area is 67.7 Å². The summed E-state index contributed by atoms with van der Waals surface area (Å²) in [6.45, 7) is 3.90. The summed E-state index contributed by atoms with van der Waals surface area (Å²) in [5.41, 5.74) is 1.23. The molecule has 1 atom stereocenters. The van der Waals surface area contributed by atoms with Gasteiger partial charge in [-0.1, -0.05) is 12.2 Å². The summed E-state index contributed by atoms with van der Waals surface area (Å²) >= 11 is 0. The maximum atomic E-state index is 11.2. The second-order valence-corrected chi connectivity index (χ2v) is 3.16. The van der Waals surface area contributed by atoms with Gasteiger partial charge in [-0.15, -0.1) is 0 Å². The van der Waals surface area contributed by atoms with Crippen LogP contribution < -0.4 is 5.32 Å². The monoisotopic (exact) mass is 153 g/mol. The van der Waals surface area contributed by atoms with Gasteiger partial charge in [0.15, 0.2) is 0 Å². The normalized spacial score (nSPS) is 24.8. The molecule has 0 aliphatic heterocycles. The first-order valence-corrected chi connectivity index (χ1v) is 4.12. The van der Waals surface area contributed by atoms with Crippen LogP contribution in [-0.2, 0) is 4.79 Å². The van der Waals surface area contributed by atoms with E-state index in [0.717, 1.165) is 25.7 Å². The van der Waals surface area contributed by atoms with E-state index < -0.39 is 0 Å². The minimum absolute atomic E-state index is 0.172.